The van der Waals surface area contributed by atoms with Crippen LogP contribution in [0.3, 0.4) is 0 Å². The van der Waals surface area contributed by atoms with Gasteiger partial charge in [-0.3, -0.25) is 0 Å². The molecular weight excluding hydrogens is 921 g/mol. The molecule has 3 heteroatoms. The van der Waals surface area contributed by atoms with E-state index in [4.69, 9.17) is 4.42 Å². The first-order chi connectivity index (χ1) is 37.7. The Kier molecular flexibility index (Phi) is 10.1. The highest BCUT2D eigenvalue weighted by molar-refractivity contribution is 6.13. The summed E-state index contributed by atoms with van der Waals surface area (Å²) < 4.78 is 8.89. The van der Waals surface area contributed by atoms with Gasteiger partial charge in [0.2, 0.25) is 0 Å². The van der Waals surface area contributed by atoms with Crippen LogP contribution in [0.2, 0.25) is 0 Å². The zero-order valence-corrected chi connectivity index (χ0v) is 41.5. The van der Waals surface area contributed by atoms with E-state index < -0.39 is 5.41 Å². The van der Waals surface area contributed by atoms with Crippen molar-refractivity contribution in [1.29, 1.82) is 0 Å². The zero-order chi connectivity index (χ0) is 50.2. The van der Waals surface area contributed by atoms with Gasteiger partial charge >= 0.3 is 0 Å². The van der Waals surface area contributed by atoms with Gasteiger partial charge in [-0.25, -0.2) is 0 Å². The van der Waals surface area contributed by atoms with Gasteiger partial charge in [0.25, 0.3) is 0 Å². The second-order valence-corrected chi connectivity index (χ2v) is 19.9. The Hall–Kier alpha value is -9.96. The third-order valence-corrected chi connectivity index (χ3v) is 15.9. The third kappa shape index (κ3) is 6.76. The van der Waals surface area contributed by atoms with Crippen molar-refractivity contribution in [2.45, 2.75) is 5.41 Å². The number of furan rings is 1. The highest BCUT2D eigenvalue weighted by Crippen LogP contribution is 2.59. The summed E-state index contributed by atoms with van der Waals surface area (Å²) in [4.78, 5) is 2.41. The molecule has 0 amide bonds. The van der Waals surface area contributed by atoms with Crippen LogP contribution in [0.15, 0.2) is 296 Å². The molecule has 0 radical (unpaired) electrons. The van der Waals surface area contributed by atoms with Gasteiger partial charge in [0.1, 0.15) is 11.2 Å². The zero-order valence-electron chi connectivity index (χ0n) is 41.5. The van der Waals surface area contributed by atoms with Gasteiger partial charge in [-0.15, -0.1) is 0 Å². The quantitative estimate of drug-likeness (QED) is 0.144. The Balaban J connectivity index is 0.960. The number of hydrogen-bond acceptors (Lipinski definition) is 2. The van der Waals surface area contributed by atoms with Crippen LogP contribution in [0.5, 0.6) is 0 Å². The van der Waals surface area contributed by atoms with Crippen molar-refractivity contribution in [1.82, 2.24) is 4.57 Å². The first kappa shape index (κ1) is 43.6. The molecule has 12 aromatic carbocycles. The van der Waals surface area contributed by atoms with E-state index in [1.807, 2.05) is 12.1 Å². The summed E-state index contributed by atoms with van der Waals surface area (Å²) >= 11 is 0. The van der Waals surface area contributed by atoms with Gasteiger partial charge in [0.15, 0.2) is 0 Å². The molecule has 0 saturated carbocycles. The molecule has 1 atom stereocenters. The number of aromatic nitrogens is 1. The lowest BCUT2D eigenvalue weighted by Gasteiger charge is -2.35. The van der Waals surface area contributed by atoms with Gasteiger partial charge in [-0.1, -0.05) is 224 Å². The second-order valence-electron chi connectivity index (χ2n) is 19.9. The third-order valence-electron chi connectivity index (χ3n) is 15.9. The van der Waals surface area contributed by atoms with Crippen LogP contribution in [0.1, 0.15) is 22.3 Å². The molecule has 1 unspecified atom stereocenters. The van der Waals surface area contributed by atoms with E-state index in [1.54, 1.807) is 0 Å². The van der Waals surface area contributed by atoms with Crippen molar-refractivity contribution in [3.63, 3.8) is 0 Å². The van der Waals surface area contributed by atoms with Gasteiger partial charge in [0, 0.05) is 44.2 Å². The number of fused-ring (bicyclic) bond motifs is 9. The van der Waals surface area contributed by atoms with Crippen molar-refractivity contribution in [2.75, 3.05) is 4.90 Å². The largest absolute Gasteiger partial charge is 0.456 e. The number of para-hydroxylation sites is 2. The normalized spacial score (nSPS) is 13.8. The van der Waals surface area contributed by atoms with Crippen molar-refractivity contribution >= 4 is 60.8 Å². The minimum absolute atomic E-state index is 0.661. The Bertz CT molecular complexity index is 4500. The average Bonchev–Trinajstić information content (AvgIpc) is 4.35. The fraction of sp³-hybridized carbons (Fsp3) is 0.0137. The van der Waals surface area contributed by atoms with E-state index in [-0.39, 0.29) is 0 Å². The van der Waals surface area contributed by atoms with Crippen LogP contribution in [0.4, 0.5) is 17.1 Å². The average molecular weight is 969 g/mol. The van der Waals surface area contributed by atoms with Gasteiger partial charge in [0.05, 0.1) is 22.1 Å². The van der Waals surface area contributed by atoms with Crippen molar-refractivity contribution in [2.24, 2.45) is 0 Å². The molecule has 0 spiro atoms. The minimum atomic E-state index is -0.661. The summed E-state index contributed by atoms with van der Waals surface area (Å²) in [5, 5.41) is 4.65. The molecule has 76 heavy (non-hydrogen) atoms. The number of rotatable bonds is 9. The van der Waals surface area contributed by atoms with E-state index >= 15 is 0 Å². The maximum Gasteiger partial charge on any atom is 0.136 e. The van der Waals surface area contributed by atoms with Crippen LogP contribution >= 0.6 is 0 Å². The maximum absolute atomic E-state index is 6.34. The van der Waals surface area contributed by atoms with E-state index in [1.165, 1.54) is 66.4 Å². The topological polar surface area (TPSA) is 21.3 Å². The van der Waals surface area contributed by atoms with Gasteiger partial charge in [-0.05, 0) is 128 Å². The molecule has 1 aliphatic rings. The molecule has 1 aliphatic carbocycles. The van der Waals surface area contributed by atoms with Gasteiger partial charge in [-0.2, -0.15) is 0 Å². The standard InChI is InChI=1S/C73H48N2O/c1-4-19-49(20-5-1)51-37-41-56(42-38-51)74(57-43-39-52(40-44-57)59-30-18-36-70-71(59)64-29-12-15-35-69(64)76-70)58-45-46-62-61-28-11-14-33-66(61)75(68(62)48-58)67-34-17-31-63-60-27-10-13-32-65(60)73(72(63)67,54-24-8-3-9-25-54)55-26-16-23-53(47-55)50-21-6-2-7-22-50/h1-48H. The molecule has 0 fully saturated rings. The fourth-order valence-corrected chi connectivity index (χ4v) is 12.6. The minimum Gasteiger partial charge on any atom is -0.456 e. The first-order valence-electron chi connectivity index (χ1n) is 26.2. The number of anilines is 3. The molecule has 15 rings (SSSR count). The Morgan fingerprint density at radius 3 is 1.62 bits per heavy atom. The number of nitrogens with zero attached hydrogens (tertiary/aromatic N) is 2. The summed E-state index contributed by atoms with van der Waals surface area (Å²) in [6.07, 6.45) is 0. The lowest BCUT2D eigenvalue weighted by atomic mass is 9.67. The smallest absolute Gasteiger partial charge is 0.136 e. The van der Waals surface area contributed by atoms with Crippen molar-refractivity contribution < 1.29 is 4.42 Å². The highest BCUT2D eigenvalue weighted by atomic mass is 16.3. The molecular formula is C73H48N2O. The van der Waals surface area contributed by atoms with Crippen LogP contribution in [0.25, 0.3) is 93.9 Å². The lowest BCUT2D eigenvalue weighted by Crippen LogP contribution is -2.30. The predicted molar refractivity (Wildman–Crippen MR) is 316 cm³/mol. The Morgan fingerprint density at radius 2 is 0.842 bits per heavy atom. The van der Waals surface area contributed by atoms with Crippen molar-refractivity contribution in [3.8, 4) is 50.2 Å². The van der Waals surface area contributed by atoms with Crippen molar-refractivity contribution in [3.05, 3.63) is 313 Å². The summed E-state index contributed by atoms with van der Waals surface area (Å²) in [6.45, 7) is 0. The molecule has 3 nitrogen and oxygen atoms in total. The molecule has 2 heterocycles. The summed E-state index contributed by atoms with van der Waals surface area (Å²) in [5.41, 5.74) is 22.2. The molecule has 0 saturated heterocycles. The first-order valence-corrected chi connectivity index (χ1v) is 26.2. The molecule has 356 valence electrons. The van der Waals surface area contributed by atoms with E-state index in [0.717, 1.165) is 66.8 Å². The highest BCUT2D eigenvalue weighted by Gasteiger charge is 2.48. The molecule has 14 aromatic rings. The number of hydrogen-bond donors (Lipinski definition) is 0. The van der Waals surface area contributed by atoms with E-state index in [9.17, 15) is 0 Å². The van der Waals surface area contributed by atoms with Crippen LogP contribution in [0, 0.1) is 0 Å². The Labute approximate surface area is 441 Å². The summed E-state index contributed by atoms with van der Waals surface area (Å²) in [5.74, 6) is 0. The molecule has 0 N–H and O–H groups in total. The Morgan fingerprint density at radius 1 is 0.316 bits per heavy atom. The fourth-order valence-electron chi connectivity index (χ4n) is 12.6. The SMILES string of the molecule is c1ccc(-c2ccc(N(c3ccc(-c4cccc5oc6ccccc6c45)cc3)c3ccc4c5ccccc5n(-c5cccc6c5C(c5ccccc5)(c5cccc(-c7ccccc7)c5)c5ccccc5-6)c4c3)cc2)cc1. The molecule has 0 aliphatic heterocycles. The summed E-state index contributed by atoms with van der Waals surface area (Å²) in [6, 6.07) is 107. The van der Waals surface area contributed by atoms with Gasteiger partial charge < -0.3 is 13.9 Å². The summed E-state index contributed by atoms with van der Waals surface area (Å²) in [7, 11) is 0. The van der Waals surface area contributed by atoms with Crippen LogP contribution < -0.4 is 4.90 Å². The molecule has 0 bridgehead atoms. The maximum atomic E-state index is 6.34. The molecule has 2 aromatic heterocycles. The second kappa shape index (κ2) is 17.6. The van der Waals surface area contributed by atoms with E-state index in [2.05, 4.69) is 289 Å². The predicted octanol–water partition coefficient (Wildman–Crippen LogP) is 19.5. The lowest BCUT2D eigenvalue weighted by molar-refractivity contribution is 0.669. The monoisotopic (exact) mass is 968 g/mol. The van der Waals surface area contributed by atoms with Crippen LogP contribution in [-0.2, 0) is 5.41 Å². The van der Waals surface area contributed by atoms with E-state index in [0.29, 0.717) is 0 Å². The number of benzene rings is 12. The van der Waals surface area contributed by atoms with Crippen LogP contribution in [-0.4, -0.2) is 4.57 Å².